The van der Waals surface area contributed by atoms with Crippen LogP contribution in [-0.4, -0.2) is 29.4 Å². The molecule has 0 saturated heterocycles. The molecule has 18 heavy (non-hydrogen) atoms. The fourth-order valence-corrected chi connectivity index (χ4v) is 2.34. The summed E-state index contributed by atoms with van der Waals surface area (Å²) in [7, 11) is -1.56. The maximum Gasteiger partial charge on any atom is 0.411 e. The Hall–Kier alpha value is -0.950. The van der Waals surface area contributed by atoms with Gasteiger partial charge in [0.15, 0.2) is 0 Å². The molecule has 1 atom stereocenters. The zero-order valence-corrected chi connectivity index (χ0v) is 10.2. The van der Waals surface area contributed by atoms with Gasteiger partial charge in [-0.05, 0) is 18.6 Å². The van der Waals surface area contributed by atoms with Gasteiger partial charge in [0.25, 0.3) is 0 Å². The highest BCUT2D eigenvalue weighted by molar-refractivity contribution is 7.85. The molecule has 1 aromatic carbocycles. The van der Waals surface area contributed by atoms with E-state index in [0.717, 1.165) is 0 Å². The Morgan fingerprint density at radius 1 is 1.22 bits per heavy atom. The fraction of sp³-hybridized carbons (Fsp3) is 0.455. The van der Waals surface area contributed by atoms with Gasteiger partial charge in [0.2, 0.25) is 0 Å². The van der Waals surface area contributed by atoms with Gasteiger partial charge in [-0.2, -0.15) is 13.2 Å². The number of halogens is 4. The predicted octanol–water partition coefficient (Wildman–Crippen LogP) is 2.90. The molecule has 0 aliphatic heterocycles. The van der Waals surface area contributed by atoms with Gasteiger partial charge in [-0.15, -0.1) is 0 Å². The third-order valence-corrected chi connectivity index (χ3v) is 3.45. The first-order valence-corrected chi connectivity index (χ1v) is 6.49. The number of ether oxygens (including phenoxy) is 1. The van der Waals surface area contributed by atoms with E-state index in [2.05, 4.69) is 4.74 Å². The fourth-order valence-electron chi connectivity index (χ4n) is 1.22. The molecular formula is C11H12F4O2S. The van der Waals surface area contributed by atoms with Crippen molar-refractivity contribution in [3.05, 3.63) is 30.1 Å². The molecule has 7 heteroatoms. The Bertz CT molecular complexity index is 406. The van der Waals surface area contributed by atoms with E-state index < -0.39 is 29.4 Å². The molecule has 0 saturated carbocycles. The van der Waals surface area contributed by atoms with E-state index in [9.17, 15) is 21.8 Å². The van der Waals surface area contributed by atoms with Crippen LogP contribution in [0.1, 0.15) is 6.42 Å². The van der Waals surface area contributed by atoms with Crippen molar-refractivity contribution in [3.8, 4) is 0 Å². The van der Waals surface area contributed by atoms with Crippen molar-refractivity contribution in [3.63, 3.8) is 0 Å². The van der Waals surface area contributed by atoms with Gasteiger partial charge in [-0.3, -0.25) is 4.21 Å². The van der Waals surface area contributed by atoms with Crippen molar-refractivity contribution in [2.24, 2.45) is 0 Å². The lowest BCUT2D eigenvalue weighted by Gasteiger charge is -2.07. The van der Waals surface area contributed by atoms with Crippen LogP contribution in [0.5, 0.6) is 0 Å². The summed E-state index contributed by atoms with van der Waals surface area (Å²) in [5.74, 6) is -0.509. The molecular weight excluding hydrogens is 272 g/mol. The maximum absolute atomic E-state index is 13.2. The summed E-state index contributed by atoms with van der Waals surface area (Å²) in [4.78, 5) is 0.0633. The number of rotatable bonds is 6. The summed E-state index contributed by atoms with van der Waals surface area (Å²) in [5.41, 5.74) is 0. The standard InChI is InChI=1S/C11H12F4O2S/c12-9-4-1-2-5-10(9)18(16)7-3-6-17-8-11(13,14)15/h1-2,4-5H,3,6-8H2. The second kappa shape index (κ2) is 6.84. The van der Waals surface area contributed by atoms with E-state index in [1.165, 1.54) is 18.2 Å². The molecule has 0 fully saturated rings. The molecule has 1 unspecified atom stereocenters. The first kappa shape index (κ1) is 15.1. The van der Waals surface area contributed by atoms with Crippen molar-refractivity contribution in [2.45, 2.75) is 17.5 Å². The van der Waals surface area contributed by atoms with E-state index in [1.54, 1.807) is 6.07 Å². The molecule has 0 aromatic heterocycles. The third kappa shape index (κ3) is 5.59. The maximum atomic E-state index is 13.2. The summed E-state index contributed by atoms with van der Waals surface area (Å²) in [6.07, 6.45) is -4.18. The van der Waals surface area contributed by atoms with Gasteiger partial charge in [0.1, 0.15) is 12.4 Å². The van der Waals surface area contributed by atoms with Crippen LogP contribution in [0.25, 0.3) is 0 Å². The van der Waals surface area contributed by atoms with Crippen LogP contribution >= 0.6 is 0 Å². The molecule has 1 rings (SSSR count). The molecule has 0 heterocycles. The first-order chi connectivity index (χ1) is 8.40. The molecule has 0 bridgehead atoms. The van der Waals surface area contributed by atoms with Gasteiger partial charge < -0.3 is 4.74 Å². The smallest absolute Gasteiger partial charge is 0.372 e. The largest absolute Gasteiger partial charge is 0.411 e. The molecule has 0 spiro atoms. The van der Waals surface area contributed by atoms with Crippen LogP contribution in [-0.2, 0) is 15.5 Å². The van der Waals surface area contributed by atoms with Gasteiger partial charge in [-0.1, -0.05) is 12.1 Å². The van der Waals surface area contributed by atoms with E-state index in [4.69, 9.17) is 0 Å². The molecule has 0 aliphatic carbocycles. The molecule has 2 nitrogen and oxygen atoms in total. The Morgan fingerprint density at radius 3 is 2.50 bits per heavy atom. The summed E-state index contributed by atoms with van der Waals surface area (Å²) in [6.45, 7) is -1.47. The monoisotopic (exact) mass is 284 g/mol. The quantitative estimate of drug-likeness (QED) is 0.593. The SMILES string of the molecule is O=S(CCCOCC(F)(F)F)c1ccccc1F. The molecule has 0 amide bonds. The summed E-state index contributed by atoms with van der Waals surface area (Å²) in [5, 5.41) is 0. The van der Waals surface area contributed by atoms with Crippen molar-refractivity contribution in [2.75, 3.05) is 19.0 Å². The lowest BCUT2D eigenvalue weighted by molar-refractivity contribution is -0.173. The van der Waals surface area contributed by atoms with Gasteiger partial charge in [0, 0.05) is 12.4 Å². The Kier molecular flexibility index (Phi) is 5.74. The van der Waals surface area contributed by atoms with Crippen molar-refractivity contribution >= 4 is 10.8 Å². The lowest BCUT2D eigenvalue weighted by atomic mass is 10.3. The van der Waals surface area contributed by atoms with Crippen molar-refractivity contribution in [1.82, 2.24) is 0 Å². The van der Waals surface area contributed by atoms with Crippen LogP contribution in [0.4, 0.5) is 17.6 Å². The van der Waals surface area contributed by atoms with E-state index >= 15 is 0 Å². The molecule has 0 radical (unpaired) electrons. The zero-order valence-electron chi connectivity index (χ0n) is 9.37. The molecule has 0 aliphatic rings. The third-order valence-electron chi connectivity index (χ3n) is 1.97. The second-order valence-corrected chi connectivity index (χ2v) is 5.04. The van der Waals surface area contributed by atoms with Gasteiger partial charge >= 0.3 is 6.18 Å². The van der Waals surface area contributed by atoms with Crippen LogP contribution in [0.15, 0.2) is 29.2 Å². The van der Waals surface area contributed by atoms with Gasteiger partial charge in [0.05, 0.1) is 15.7 Å². The average molecular weight is 284 g/mol. The second-order valence-electron chi connectivity index (χ2n) is 3.50. The van der Waals surface area contributed by atoms with E-state index in [1.807, 2.05) is 0 Å². The normalized spacial score (nSPS) is 13.6. The first-order valence-electron chi connectivity index (χ1n) is 5.17. The van der Waals surface area contributed by atoms with Gasteiger partial charge in [-0.25, -0.2) is 4.39 Å². The lowest BCUT2D eigenvalue weighted by Crippen LogP contribution is -2.18. The minimum atomic E-state index is -4.36. The summed E-state index contributed by atoms with van der Waals surface area (Å²) in [6, 6.07) is 5.61. The highest BCUT2D eigenvalue weighted by Crippen LogP contribution is 2.15. The zero-order chi connectivity index (χ0) is 13.6. The highest BCUT2D eigenvalue weighted by atomic mass is 32.2. The van der Waals surface area contributed by atoms with E-state index in [0.29, 0.717) is 0 Å². The molecule has 0 N–H and O–H groups in total. The Balaban J connectivity index is 2.28. The minimum absolute atomic E-state index is 0.0633. The number of benzene rings is 1. The van der Waals surface area contributed by atoms with Crippen LogP contribution in [0, 0.1) is 5.82 Å². The number of hydrogen-bond acceptors (Lipinski definition) is 2. The van der Waals surface area contributed by atoms with Crippen LogP contribution in [0.3, 0.4) is 0 Å². The highest BCUT2D eigenvalue weighted by Gasteiger charge is 2.27. The van der Waals surface area contributed by atoms with Crippen LogP contribution in [0.2, 0.25) is 0 Å². The Morgan fingerprint density at radius 2 is 1.89 bits per heavy atom. The number of alkyl halides is 3. The summed E-state index contributed by atoms with van der Waals surface area (Å²) < 4.78 is 64.4. The predicted molar refractivity (Wildman–Crippen MR) is 59.2 cm³/mol. The molecule has 102 valence electrons. The molecule has 1 aromatic rings. The Labute approximate surface area is 104 Å². The summed E-state index contributed by atoms with van der Waals surface area (Å²) >= 11 is 0. The van der Waals surface area contributed by atoms with Crippen molar-refractivity contribution in [1.29, 1.82) is 0 Å². The number of hydrogen-bond donors (Lipinski definition) is 0. The van der Waals surface area contributed by atoms with E-state index in [-0.39, 0.29) is 23.7 Å². The van der Waals surface area contributed by atoms with Crippen LogP contribution < -0.4 is 0 Å². The van der Waals surface area contributed by atoms with Crippen molar-refractivity contribution < 1.29 is 26.5 Å². The minimum Gasteiger partial charge on any atom is -0.372 e. The topological polar surface area (TPSA) is 26.3 Å². The average Bonchev–Trinajstić information content (AvgIpc) is 2.27.